The van der Waals surface area contributed by atoms with Crippen LogP contribution in [0.2, 0.25) is 0 Å². The number of hydrogen-bond acceptors (Lipinski definition) is 4. The predicted octanol–water partition coefficient (Wildman–Crippen LogP) is 1.28. The van der Waals surface area contributed by atoms with Crippen LogP contribution in [0.15, 0.2) is 0 Å². The molecule has 0 rings (SSSR count). The van der Waals surface area contributed by atoms with Crippen molar-refractivity contribution in [3.63, 3.8) is 0 Å². The van der Waals surface area contributed by atoms with Gasteiger partial charge in [0.25, 0.3) is 10.1 Å². The van der Waals surface area contributed by atoms with Gasteiger partial charge in [0.15, 0.2) is 0 Å². The van der Waals surface area contributed by atoms with Crippen molar-refractivity contribution in [1.82, 2.24) is 0 Å². The third-order valence-electron chi connectivity index (χ3n) is 1.12. The molecule has 0 aliphatic heterocycles. The summed E-state index contributed by atoms with van der Waals surface area (Å²) in [5.41, 5.74) is 0. The molecule has 6 heteroatoms. The fourth-order valence-corrected chi connectivity index (χ4v) is 3.55. The molecule has 0 radical (unpaired) electrons. The third-order valence-corrected chi connectivity index (χ3v) is 4.97. The molecule has 0 spiro atoms. The molecule has 0 saturated heterocycles. The van der Waals surface area contributed by atoms with Crippen molar-refractivity contribution < 1.29 is 16.2 Å². The van der Waals surface area contributed by atoms with Crippen LogP contribution in [0.3, 0.4) is 0 Å². The lowest BCUT2D eigenvalue weighted by Gasteiger charge is -2.31. The van der Waals surface area contributed by atoms with Crippen LogP contribution >= 0.6 is 10.6 Å². The van der Waals surface area contributed by atoms with Gasteiger partial charge in [-0.25, -0.2) is 0 Å². The minimum atomic E-state index is -3.39. The van der Waals surface area contributed by atoms with Crippen LogP contribution in [0.1, 0.15) is 13.3 Å². The summed E-state index contributed by atoms with van der Waals surface area (Å²) in [6.45, 7) is 1.79. The zero-order chi connectivity index (χ0) is 9.83. The smallest absolute Gasteiger partial charge is 0.285 e. The molecule has 12 heavy (non-hydrogen) atoms. The van der Waals surface area contributed by atoms with E-state index in [1.165, 1.54) is 7.11 Å². The van der Waals surface area contributed by atoms with Gasteiger partial charge < -0.3 is 0 Å². The fourth-order valence-electron chi connectivity index (χ4n) is 0.561. The second kappa shape index (κ2) is 4.45. The highest BCUT2D eigenvalue weighted by Gasteiger charge is 2.18. The van der Waals surface area contributed by atoms with Gasteiger partial charge in [0.05, 0.1) is 12.9 Å². The first-order valence-electron chi connectivity index (χ1n) is 3.55. The zero-order valence-electron chi connectivity index (χ0n) is 7.86. The zero-order valence-corrected chi connectivity index (χ0v) is 9.50. The van der Waals surface area contributed by atoms with E-state index in [0.29, 0.717) is 6.42 Å². The van der Waals surface area contributed by atoms with E-state index in [0.717, 1.165) is 0 Å². The van der Waals surface area contributed by atoms with Gasteiger partial charge in [0.1, 0.15) is 0 Å². The molecule has 76 valence electrons. The van der Waals surface area contributed by atoms with Crippen molar-refractivity contribution in [1.29, 1.82) is 0 Å². The van der Waals surface area contributed by atoms with Gasteiger partial charge in [-0.05, 0) is 6.42 Å². The van der Waals surface area contributed by atoms with Crippen LogP contribution in [0.4, 0.5) is 0 Å². The molecule has 0 saturated carbocycles. The van der Waals surface area contributed by atoms with Crippen LogP contribution in [0, 0.1) is 0 Å². The molecule has 0 amide bonds. The Labute approximate surface area is 76.1 Å². The Kier molecular flexibility index (Phi) is 4.54. The van der Waals surface area contributed by atoms with Gasteiger partial charge in [-0.3, -0.25) is 4.18 Å². The standard InChI is InChI=1S/C6H16O4S2/c1-5-6-12(7,8)10-11(3,4)9-2/h5-6H2,1-4H3. The molecule has 0 aliphatic rings. The molecule has 4 nitrogen and oxygen atoms in total. The van der Waals surface area contributed by atoms with E-state index in [9.17, 15) is 8.42 Å². The SMILES string of the molecule is CCCS(=O)(=O)OS(C)(C)OC. The molecule has 0 heterocycles. The van der Waals surface area contributed by atoms with Crippen LogP contribution in [-0.4, -0.2) is 33.8 Å². The molecule has 0 aromatic heterocycles. The van der Waals surface area contributed by atoms with Gasteiger partial charge in [-0.1, -0.05) is 6.92 Å². The first kappa shape index (κ1) is 12.2. The first-order chi connectivity index (χ1) is 5.33. The van der Waals surface area contributed by atoms with Gasteiger partial charge >= 0.3 is 0 Å². The van der Waals surface area contributed by atoms with Crippen molar-refractivity contribution in [2.45, 2.75) is 13.3 Å². The van der Waals surface area contributed by atoms with E-state index in [1.54, 1.807) is 19.4 Å². The van der Waals surface area contributed by atoms with Crippen molar-refractivity contribution in [2.24, 2.45) is 0 Å². The summed E-state index contributed by atoms with van der Waals surface area (Å²) in [4.78, 5) is 0. The van der Waals surface area contributed by atoms with E-state index in [-0.39, 0.29) is 5.75 Å². The summed E-state index contributed by atoms with van der Waals surface area (Å²) < 4.78 is 32.0. The van der Waals surface area contributed by atoms with E-state index < -0.39 is 20.7 Å². The first-order valence-corrected chi connectivity index (χ1v) is 7.43. The maximum absolute atomic E-state index is 11.1. The summed E-state index contributed by atoms with van der Waals surface area (Å²) >= 11 is 0. The van der Waals surface area contributed by atoms with Crippen LogP contribution < -0.4 is 0 Å². The second-order valence-electron chi connectivity index (χ2n) is 2.64. The summed E-state index contributed by atoms with van der Waals surface area (Å²) in [5, 5.41) is 0. The maximum atomic E-state index is 11.1. The topological polar surface area (TPSA) is 52.6 Å². The lowest BCUT2D eigenvalue weighted by atomic mass is 10.6. The quantitative estimate of drug-likeness (QED) is 0.694. The molecule has 0 aromatic rings. The highest BCUT2D eigenvalue weighted by molar-refractivity contribution is 8.28. The van der Waals surface area contributed by atoms with Crippen LogP contribution in [0.5, 0.6) is 0 Å². The van der Waals surface area contributed by atoms with Crippen LogP contribution in [-0.2, 0) is 17.9 Å². The minimum absolute atomic E-state index is 0.0484. The summed E-state index contributed by atoms with van der Waals surface area (Å²) in [5.74, 6) is 0.0484. The number of rotatable bonds is 5. The summed E-state index contributed by atoms with van der Waals surface area (Å²) in [6.07, 6.45) is 3.84. The van der Waals surface area contributed by atoms with Gasteiger partial charge in [-0.15, -0.1) is 0 Å². The van der Waals surface area contributed by atoms with Crippen molar-refractivity contribution in [2.75, 3.05) is 25.4 Å². The molecular weight excluding hydrogens is 200 g/mol. The highest BCUT2D eigenvalue weighted by atomic mass is 32.3. The van der Waals surface area contributed by atoms with E-state index in [2.05, 4.69) is 0 Å². The fraction of sp³-hybridized carbons (Fsp3) is 1.00. The average Bonchev–Trinajstić information content (AvgIpc) is 1.85. The molecule has 0 aromatic carbocycles. The Morgan fingerprint density at radius 2 is 1.75 bits per heavy atom. The molecular formula is C6H16O4S2. The van der Waals surface area contributed by atoms with E-state index in [4.69, 9.17) is 7.81 Å². The monoisotopic (exact) mass is 216 g/mol. The summed E-state index contributed by atoms with van der Waals surface area (Å²) in [7, 11) is -3.84. The normalized spacial score (nSPS) is 14.7. The van der Waals surface area contributed by atoms with Crippen LogP contribution in [0.25, 0.3) is 0 Å². The average molecular weight is 216 g/mol. The van der Waals surface area contributed by atoms with Gasteiger partial charge in [-0.2, -0.15) is 22.6 Å². The Morgan fingerprint density at radius 1 is 1.25 bits per heavy atom. The Hall–Kier alpha value is 0.220. The third kappa shape index (κ3) is 4.97. The molecule has 0 aliphatic carbocycles. The lowest BCUT2D eigenvalue weighted by Crippen LogP contribution is -2.13. The minimum Gasteiger partial charge on any atom is -0.287 e. The Bertz CT molecular complexity index is 220. The maximum Gasteiger partial charge on any atom is 0.285 e. The molecule has 0 atom stereocenters. The molecule has 0 fully saturated rings. The van der Waals surface area contributed by atoms with Crippen molar-refractivity contribution in [3.8, 4) is 0 Å². The van der Waals surface area contributed by atoms with Crippen molar-refractivity contribution >= 4 is 20.7 Å². The summed E-state index contributed by atoms with van der Waals surface area (Å²) in [6, 6.07) is 0. The van der Waals surface area contributed by atoms with Gasteiger partial charge in [0.2, 0.25) is 0 Å². The van der Waals surface area contributed by atoms with Gasteiger partial charge in [0, 0.05) is 12.5 Å². The van der Waals surface area contributed by atoms with E-state index >= 15 is 0 Å². The molecule has 0 unspecified atom stereocenters. The predicted molar refractivity (Wildman–Crippen MR) is 51.6 cm³/mol. The second-order valence-corrected chi connectivity index (χ2v) is 7.33. The molecule has 0 N–H and O–H groups in total. The lowest BCUT2D eigenvalue weighted by molar-refractivity contribution is 0.405. The van der Waals surface area contributed by atoms with Crippen molar-refractivity contribution in [3.05, 3.63) is 0 Å². The van der Waals surface area contributed by atoms with E-state index in [1.807, 2.05) is 0 Å². The molecule has 0 bridgehead atoms. The number of hydrogen-bond donors (Lipinski definition) is 0. The highest BCUT2D eigenvalue weighted by Crippen LogP contribution is 2.43. The Morgan fingerprint density at radius 3 is 2.08 bits per heavy atom. The largest absolute Gasteiger partial charge is 0.287 e. The Balaban J connectivity index is 4.25.